The maximum absolute atomic E-state index is 5.63. The van der Waals surface area contributed by atoms with Gasteiger partial charge >= 0.3 is 0 Å². The van der Waals surface area contributed by atoms with Gasteiger partial charge in [-0.1, -0.05) is 20.8 Å². The summed E-state index contributed by atoms with van der Waals surface area (Å²) < 4.78 is 5.63. The highest BCUT2D eigenvalue weighted by molar-refractivity contribution is 7.99. The zero-order valence-corrected chi connectivity index (χ0v) is 11.8. The molecule has 1 rings (SSSR count). The zero-order valence-electron chi connectivity index (χ0n) is 11.0. The van der Waals surface area contributed by atoms with Crippen molar-refractivity contribution < 1.29 is 4.74 Å². The lowest BCUT2D eigenvalue weighted by Gasteiger charge is -2.19. The molecule has 2 atom stereocenters. The van der Waals surface area contributed by atoms with Gasteiger partial charge in [0.2, 0.25) is 0 Å². The molecule has 0 radical (unpaired) electrons. The van der Waals surface area contributed by atoms with Gasteiger partial charge in [-0.3, -0.25) is 0 Å². The second-order valence-corrected chi connectivity index (χ2v) is 6.17. The highest BCUT2D eigenvalue weighted by Gasteiger charge is 2.16. The molecule has 96 valence electrons. The third kappa shape index (κ3) is 5.55. The van der Waals surface area contributed by atoms with Gasteiger partial charge in [0.1, 0.15) is 0 Å². The van der Waals surface area contributed by atoms with Crippen molar-refractivity contribution in [3.8, 4) is 0 Å². The van der Waals surface area contributed by atoms with E-state index in [0.717, 1.165) is 13.2 Å². The van der Waals surface area contributed by atoms with E-state index in [-0.39, 0.29) is 0 Å². The van der Waals surface area contributed by atoms with Gasteiger partial charge in [-0.25, -0.2) is 0 Å². The van der Waals surface area contributed by atoms with E-state index in [1.165, 1.54) is 31.4 Å². The molecule has 0 aromatic rings. The summed E-state index contributed by atoms with van der Waals surface area (Å²) >= 11 is 2.05. The van der Waals surface area contributed by atoms with Crippen molar-refractivity contribution in [3.63, 3.8) is 0 Å². The van der Waals surface area contributed by atoms with Crippen LogP contribution in [0.15, 0.2) is 0 Å². The molecule has 16 heavy (non-hydrogen) atoms. The Morgan fingerprint density at radius 3 is 2.69 bits per heavy atom. The van der Waals surface area contributed by atoms with Crippen molar-refractivity contribution in [1.82, 2.24) is 5.32 Å². The minimum absolute atomic E-state index is 0.528. The quantitative estimate of drug-likeness (QED) is 0.710. The summed E-state index contributed by atoms with van der Waals surface area (Å²) in [6.45, 7) is 8.93. The van der Waals surface area contributed by atoms with E-state index in [4.69, 9.17) is 4.74 Å². The van der Waals surface area contributed by atoms with Gasteiger partial charge in [0.25, 0.3) is 0 Å². The van der Waals surface area contributed by atoms with Crippen LogP contribution in [0.3, 0.4) is 0 Å². The normalized spacial score (nSPS) is 22.9. The van der Waals surface area contributed by atoms with Crippen molar-refractivity contribution in [2.75, 3.05) is 18.9 Å². The first kappa shape index (κ1) is 14.3. The Kier molecular flexibility index (Phi) is 7.50. The van der Waals surface area contributed by atoms with Crippen molar-refractivity contribution in [1.29, 1.82) is 0 Å². The van der Waals surface area contributed by atoms with Gasteiger partial charge < -0.3 is 10.1 Å². The number of hydrogen-bond acceptors (Lipinski definition) is 3. The number of hydrogen-bond donors (Lipinski definition) is 1. The molecule has 2 unspecified atom stereocenters. The van der Waals surface area contributed by atoms with Crippen LogP contribution in [0.25, 0.3) is 0 Å². The van der Waals surface area contributed by atoms with Gasteiger partial charge in [0, 0.05) is 30.2 Å². The molecule has 3 heteroatoms. The summed E-state index contributed by atoms with van der Waals surface area (Å²) in [6.07, 6.45) is 5.52. The molecular formula is C13H27NOS. The van der Waals surface area contributed by atoms with E-state index in [2.05, 4.69) is 26.1 Å². The third-order valence-corrected chi connectivity index (χ3v) is 4.57. The molecule has 1 saturated heterocycles. The fourth-order valence-electron chi connectivity index (χ4n) is 2.02. The second kappa shape index (κ2) is 8.37. The van der Waals surface area contributed by atoms with Crippen LogP contribution in [-0.4, -0.2) is 36.3 Å². The van der Waals surface area contributed by atoms with Crippen LogP contribution < -0.4 is 5.32 Å². The monoisotopic (exact) mass is 245 g/mol. The molecule has 1 fully saturated rings. The van der Waals surface area contributed by atoms with Crippen LogP contribution >= 0.6 is 11.8 Å². The molecule has 2 nitrogen and oxygen atoms in total. The largest absolute Gasteiger partial charge is 0.377 e. The minimum Gasteiger partial charge on any atom is -0.377 e. The van der Waals surface area contributed by atoms with Crippen molar-refractivity contribution >= 4 is 11.8 Å². The van der Waals surface area contributed by atoms with Crippen LogP contribution in [-0.2, 0) is 4.74 Å². The lowest BCUT2D eigenvalue weighted by molar-refractivity contribution is 0.129. The predicted molar refractivity (Wildman–Crippen MR) is 73.3 cm³/mol. The minimum atomic E-state index is 0.528. The van der Waals surface area contributed by atoms with Crippen molar-refractivity contribution in [3.05, 3.63) is 0 Å². The second-order valence-electron chi connectivity index (χ2n) is 4.70. The first-order valence-electron chi connectivity index (χ1n) is 6.72. The average molecular weight is 245 g/mol. The van der Waals surface area contributed by atoms with Crippen LogP contribution in [0.4, 0.5) is 0 Å². The maximum Gasteiger partial charge on any atom is 0.0666 e. The predicted octanol–water partition coefficient (Wildman–Crippen LogP) is 3.07. The summed E-state index contributed by atoms with van der Waals surface area (Å²) in [7, 11) is 0. The number of rotatable bonds is 8. The molecule has 1 heterocycles. The standard InChI is InChI=1S/C13H27NOS/c1-4-12(5-2)14-9-11(3)16-10-13-7-6-8-15-13/h11-14H,4-10H2,1-3H3. The smallest absolute Gasteiger partial charge is 0.0666 e. The first-order chi connectivity index (χ1) is 7.76. The van der Waals surface area contributed by atoms with Crippen LogP contribution in [0, 0.1) is 0 Å². The molecule has 0 bridgehead atoms. The lowest BCUT2D eigenvalue weighted by Crippen LogP contribution is -2.33. The lowest BCUT2D eigenvalue weighted by atomic mass is 10.2. The average Bonchev–Trinajstić information content (AvgIpc) is 2.80. The van der Waals surface area contributed by atoms with Gasteiger partial charge in [-0.15, -0.1) is 0 Å². The van der Waals surface area contributed by atoms with Crippen LogP contribution in [0.2, 0.25) is 0 Å². The van der Waals surface area contributed by atoms with E-state index in [1.54, 1.807) is 0 Å². The highest BCUT2D eigenvalue weighted by atomic mass is 32.2. The van der Waals surface area contributed by atoms with E-state index < -0.39 is 0 Å². The SMILES string of the molecule is CCC(CC)NCC(C)SCC1CCCO1. The summed E-state index contributed by atoms with van der Waals surface area (Å²) in [6, 6.07) is 0.700. The van der Waals surface area contributed by atoms with Gasteiger partial charge in [-0.05, 0) is 25.7 Å². The summed E-state index contributed by atoms with van der Waals surface area (Å²) in [5.74, 6) is 1.17. The molecule has 0 aromatic carbocycles. The van der Waals surface area contributed by atoms with Gasteiger partial charge in [-0.2, -0.15) is 11.8 Å². The molecular weight excluding hydrogens is 218 g/mol. The van der Waals surface area contributed by atoms with Crippen LogP contribution in [0.5, 0.6) is 0 Å². The van der Waals surface area contributed by atoms with Gasteiger partial charge in [0.05, 0.1) is 6.10 Å². The molecule has 0 saturated carbocycles. The van der Waals surface area contributed by atoms with Gasteiger partial charge in [0.15, 0.2) is 0 Å². The van der Waals surface area contributed by atoms with E-state index in [9.17, 15) is 0 Å². The first-order valence-corrected chi connectivity index (χ1v) is 7.77. The maximum atomic E-state index is 5.63. The fraction of sp³-hybridized carbons (Fsp3) is 1.00. The third-order valence-electron chi connectivity index (χ3n) is 3.27. The van der Waals surface area contributed by atoms with Crippen LogP contribution in [0.1, 0.15) is 46.5 Å². The molecule has 0 amide bonds. The number of ether oxygens (including phenoxy) is 1. The summed E-state index contributed by atoms with van der Waals surface area (Å²) in [4.78, 5) is 0. The molecule has 0 aliphatic carbocycles. The van der Waals surface area contributed by atoms with Crippen molar-refractivity contribution in [2.45, 2.75) is 63.9 Å². The Bertz CT molecular complexity index is 161. The highest BCUT2D eigenvalue weighted by Crippen LogP contribution is 2.20. The fourth-order valence-corrected chi connectivity index (χ4v) is 3.04. The van der Waals surface area contributed by atoms with Crippen molar-refractivity contribution in [2.24, 2.45) is 0 Å². The number of thioether (sulfide) groups is 1. The summed E-state index contributed by atoms with van der Waals surface area (Å²) in [5, 5.41) is 4.33. The molecule has 1 N–H and O–H groups in total. The Hall–Kier alpha value is 0.270. The van der Waals surface area contributed by atoms with E-state index in [0.29, 0.717) is 17.4 Å². The molecule has 1 aliphatic heterocycles. The Balaban J connectivity index is 2.03. The Morgan fingerprint density at radius 2 is 2.12 bits per heavy atom. The number of nitrogens with one attached hydrogen (secondary N) is 1. The molecule has 0 aromatic heterocycles. The zero-order chi connectivity index (χ0) is 11.8. The van der Waals surface area contributed by atoms with E-state index in [1.807, 2.05) is 11.8 Å². The Morgan fingerprint density at radius 1 is 1.38 bits per heavy atom. The summed E-state index contributed by atoms with van der Waals surface area (Å²) in [5.41, 5.74) is 0. The Labute approximate surface area is 105 Å². The topological polar surface area (TPSA) is 21.3 Å². The molecule has 0 spiro atoms. The van der Waals surface area contributed by atoms with E-state index >= 15 is 0 Å². The molecule has 1 aliphatic rings.